The topological polar surface area (TPSA) is 95.2 Å². The molecule has 0 saturated carbocycles. The van der Waals surface area contributed by atoms with Crippen LogP contribution >= 0.6 is 12.2 Å². The number of amides is 1. The van der Waals surface area contributed by atoms with Crippen molar-refractivity contribution in [1.29, 1.82) is 0 Å². The van der Waals surface area contributed by atoms with Crippen molar-refractivity contribution < 1.29 is 9.53 Å². The second-order valence-corrected chi connectivity index (χ2v) is 9.81. The number of piperidine rings is 1. The van der Waals surface area contributed by atoms with E-state index in [1.807, 2.05) is 18.2 Å². The predicted molar refractivity (Wildman–Crippen MR) is 143 cm³/mol. The van der Waals surface area contributed by atoms with Gasteiger partial charge in [-0.25, -0.2) is 0 Å². The Hall–Kier alpha value is -2.65. The number of likely N-dealkylation sites (tertiary alicyclic amines) is 1. The molecule has 190 valence electrons. The predicted octanol–water partition coefficient (Wildman–Crippen LogP) is 4.49. The molecule has 8 nitrogen and oxygen atoms in total. The van der Waals surface area contributed by atoms with Gasteiger partial charge >= 0.3 is 0 Å². The zero-order chi connectivity index (χ0) is 24.8. The van der Waals surface area contributed by atoms with Crippen LogP contribution in [-0.4, -0.2) is 58.1 Å². The standard InChI is InChI=1S/C26H37N5O3S/c1-3-18-9-4-6-14-30(18)15-8-13-27-22(32)10-5-7-16-31-25(33)24-23(29-26(31)35)20-17-19(34-2)11-12-21(20)28-24/h11-12,17-18,28H,3-10,13-16H2,1-2H3,(H,27,32)(H,29,35). The van der Waals surface area contributed by atoms with Crippen molar-refractivity contribution in [2.45, 2.75) is 70.9 Å². The molecule has 0 bridgehead atoms. The molecule has 1 atom stereocenters. The Bertz CT molecular complexity index is 1280. The van der Waals surface area contributed by atoms with E-state index >= 15 is 0 Å². The summed E-state index contributed by atoms with van der Waals surface area (Å²) in [5.41, 5.74) is 1.90. The number of H-pyrrole nitrogens is 2. The summed E-state index contributed by atoms with van der Waals surface area (Å²) in [6.07, 6.45) is 8.00. The van der Waals surface area contributed by atoms with Gasteiger partial charge in [0.25, 0.3) is 5.56 Å². The van der Waals surface area contributed by atoms with E-state index in [0.717, 1.165) is 36.2 Å². The van der Waals surface area contributed by atoms with E-state index in [2.05, 4.69) is 27.1 Å². The van der Waals surface area contributed by atoms with Gasteiger partial charge in [0.15, 0.2) is 4.77 Å². The van der Waals surface area contributed by atoms with Gasteiger partial charge in [-0.05, 0) is 75.5 Å². The highest BCUT2D eigenvalue weighted by Gasteiger charge is 2.19. The first-order chi connectivity index (χ1) is 17.0. The van der Waals surface area contributed by atoms with Crippen LogP contribution in [0, 0.1) is 4.77 Å². The largest absolute Gasteiger partial charge is 0.497 e. The lowest BCUT2D eigenvalue weighted by Gasteiger charge is -2.35. The fourth-order valence-electron chi connectivity index (χ4n) is 5.16. The number of benzene rings is 1. The fraction of sp³-hybridized carbons (Fsp3) is 0.577. The minimum Gasteiger partial charge on any atom is -0.497 e. The van der Waals surface area contributed by atoms with Crippen LogP contribution < -0.4 is 15.6 Å². The maximum atomic E-state index is 13.1. The van der Waals surface area contributed by atoms with Crippen molar-refractivity contribution in [1.82, 2.24) is 24.8 Å². The van der Waals surface area contributed by atoms with Crippen LogP contribution in [0.2, 0.25) is 0 Å². The Labute approximate surface area is 211 Å². The van der Waals surface area contributed by atoms with E-state index in [1.54, 1.807) is 11.7 Å². The third-order valence-corrected chi connectivity index (χ3v) is 7.46. The zero-order valence-electron chi connectivity index (χ0n) is 20.8. The number of hydrogen-bond donors (Lipinski definition) is 3. The summed E-state index contributed by atoms with van der Waals surface area (Å²) in [5, 5.41) is 3.92. The molecule has 3 aromatic rings. The monoisotopic (exact) mass is 499 g/mol. The van der Waals surface area contributed by atoms with Gasteiger partial charge < -0.3 is 24.9 Å². The van der Waals surface area contributed by atoms with Gasteiger partial charge in [0.05, 0.1) is 12.6 Å². The van der Waals surface area contributed by atoms with Crippen LogP contribution in [0.3, 0.4) is 0 Å². The molecule has 4 rings (SSSR count). The van der Waals surface area contributed by atoms with E-state index in [1.165, 1.54) is 32.2 Å². The van der Waals surface area contributed by atoms with Crippen LogP contribution in [0.1, 0.15) is 58.3 Å². The van der Waals surface area contributed by atoms with E-state index in [4.69, 9.17) is 17.0 Å². The third kappa shape index (κ3) is 5.95. The number of unbranched alkanes of at least 4 members (excludes halogenated alkanes) is 1. The number of aromatic nitrogens is 3. The second-order valence-electron chi connectivity index (χ2n) is 9.43. The molecule has 0 spiro atoms. The van der Waals surface area contributed by atoms with Crippen molar-refractivity contribution in [3.05, 3.63) is 33.3 Å². The molecular weight excluding hydrogens is 462 g/mol. The molecule has 1 unspecified atom stereocenters. The first-order valence-corrected chi connectivity index (χ1v) is 13.3. The Kier molecular flexibility index (Phi) is 8.62. The van der Waals surface area contributed by atoms with Crippen molar-refractivity contribution in [3.8, 4) is 5.75 Å². The third-order valence-electron chi connectivity index (χ3n) is 7.14. The average molecular weight is 500 g/mol. The Balaban J connectivity index is 1.25. The number of nitrogens with one attached hydrogen (secondary N) is 3. The number of aromatic amines is 2. The van der Waals surface area contributed by atoms with Crippen LogP contribution in [-0.2, 0) is 11.3 Å². The SMILES string of the molecule is CCC1CCCCN1CCCNC(=O)CCCCn1c(=S)[nH]c2c([nH]c3ccc(OC)cc32)c1=O. The fourth-order valence-corrected chi connectivity index (χ4v) is 5.44. The number of rotatable bonds is 11. The highest BCUT2D eigenvalue weighted by Crippen LogP contribution is 2.26. The van der Waals surface area contributed by atoms with Gasteiger partial charge in [-0.15, -0.1) is 0 Å². The molecule has 2 aromatic heterocycles. The second kappa shape index (κ2) is 11.9. The number of hydrogen-bond acceptors (Lipinski definition) is 5. The molecule has 1 aromatic carbocycles. The molecule has 3 heterocycles. The molecule has 3 N–H and O–H groups in total. The van der Waals surface area contributed by atoms with Gasteiger partial charge in [-0.1, -0.05) is 13.3 Å². The van der Waals surface area contributed by atoms with Crippen molar-refractivity contribution in [3.63, 3.8) is 0 Å². The van der Waals surface area contributed by atoms with Crippen molar-refractivity contribution in [2.75, 3.05) is 26.7 Å². The van der Waals surface area contributed by atoms with Crippen molar-refractivity contribution in [2.24, 2.45) is 0 Å². The molecule has 9 heteroatoms. The molecule has 0 aliphatic carbocycles. The lowest BCUT2D eigenvalue weighted by Crippen LogP contribution is -2.40. The summed E-state index contributed by atoms with van der Waals surface area (Å²) in [6.45, 7) is 5.71. The lowest BCUT2D eigenvalue weighted by molar-refractivity contribution is -0.121. The summed E-state index contributed by atoms with van der Waals surface area (Å²) in [6, 6.07) is 6.34. The van der Waals surface area contributed by atoms with Gasteiger partial charge in [-0.2, -0.15) is 0 Å². The van der Waals surface area contributed by atoms with E-state index in [0.29, 0.717) is 47.7 Å². The van der Waals surface area contributed by atoms with Crippen LogP contribution in [0.4, 0.5) is 0 Å². The van der Waals surface area contributed by atoms with Gasteiger partial charge in [0.2, 0.25) is 5.91 Å². The summed E-state index contributed by atoms with van der Waals surface area (Å²) in [5.74, 6) is 0.796. The number of carbonyl (C=O) groups is 1. The molecule has 1 saturated heterocycles. The molecule has 1 aliphatic heterocycles. The Morgan fingerprint density at radius 3 is 2.83 bits per heavy atom. The van der Waals surface area contributed by atoms with Crippen molar-refractivity contribution >= 4 is 40.1 Å². The molecule has 0 radical (unpaired) electrons. The summed E-state index contributed by atoms with van der Waals surface area (Å²) in [7, 11) is 1.61. The summed E-state index contributed by atoms with van der Waals surface area (Å²) in [4.78, 5) is 34.3. The van der Waals surface area contributed by atoms with Gasteiger partial charge in [-0.3, -0.25) is 14.2 Å². The smallest absolute Gasteiger partial charge is 0.278 e. The molecule has 35 heavy (non-hydrogen) atoms. The average Bonchev–Trinajstić information content (AvgIpc) is 3.24. The van der Waals surface area contributed by atoms with Crippen LogP contribution in [0.15, 0.2) is 23.0 Å². The zero-order valence-corrected chi connectivity index (χ0v) is 21.6. The highest BCUT2D eigenvalue weighted by atomic mass is 32.1. The highest BCUT2D eigenvalue weighted by molar-refractivity contribution is 7.71. The molecular formula is C26H37N5O3S. The maximum Gasteiger partial charge on any atom is 0.278 e. The number of carbonyl (C=O) groups excluding carboxylic acids is 1. The minimum atomic E-state index is -0.147. The number of fused-ring (bicyclic) bond motifs is 3. The van der Waals surface area contributed by atoms with Crippen LogP contribution in [0.25, 0.3) is 21.9 Å². The van der Waals surface area contributed by atoms with Gasteiger partial charge in [0.1, 0.15) is 11.3 Å². The normalized spacial score (nSPS) is 16.7. The van der Waals surface area contributed by atoms with Crippen LogP contribution in [0.5, 0.6) is 5.75 Å². The number of ether oxygens (including phenoxy) is 1. The molecule has 1 fully saturated rings. The van der Waals surface area contributed by atoms with E-state index < -0.39 is 0 Å². The number of nitrogens with zero attached hydrogens (tertiary/aromatic N) is 2. The first-order valence-electron chi connectivity index (χ1n) is 12.8. The Morgan fingerprint density at radius 2 is 2.03 bits per heavy atom. The minimum absolute atomic E-state index is 0.0770. The van der Waals surface area contributed by atoms with Gasteiger partial charge in [0, 0.05) is 43.0 Å². The quantitative estimate of drug-likeness (QED) is 0.267. The van der Waals surface area contributed by atoms with E-state index in [-0.39, 0.29) is 11.5 Å². The lowest BCUT2D eigenvalue weighted by atomic mass is 10.00. The maximum absolute atomic E-state index is 13.1. The number of methoxy groups -OCH3 is 1. The molecule has 1 amide bonds. The first kappa shape index (κ1) is 25.4. The molecule has 1 aliphatic rings. The summed E-state index contributed by atoms with van der Waals surface area (Å²) >= 11 is 5.48. The summed E-state index contributed by atoms with van der Waals surface area (Å²) < 4.78 is 7.27. The van der Waals surface area contributed by atoms with E-state index in [9.17, 15) is 9.59 Å². The Morgan fingerprint density at radius 1 is 1.17 bits per heavy atom.